The number of guanidine groups is 1. The number of hydrogen-bond donors (Lipinski definition) is 2. The molecule has 0 aliphatic carbocycles. The average molecular weight is 427 g/mol. The van der Waals surface area contributed by atoms with Crippen LogP contribution in [0.1, 0.15) is 22.0 Å². The van der Waals surface area contributed by atoms with Gasteiger partial charge in [0.15, 0.2) is 15.8 Å². The van der Waals surface area contributed by atoms with Crippen LogP contribution in [0.5, 0.6) is 0 Å². The maximum absolute atomic E-state index is 13.7. The molecule has 0 amide bonds. The Morgan fingerprint density at radius 2 is 2.00 bits per heavy atom. The predicted octanol–water partition coefficient (Wildman–Crippen LogP) is 2.40. The predicted molar refractivity (Wildman–Crippen MR) is 114 cm³/mol. The summed E-state index contributed by atoms with van der Waals surface area (Å²) in [7, 11) is 2.49. The smallest absolute Gasteiger partial charge is 0.191 e. The van der Waals surface area contributed by atoms with E-state index in [0.717, 1.165) is 0 Å². The van der Waals surface area contributed by atoms with Crippen LogP contribution in [0.25, 0.3) is 0 Å². The van der Waals surface area contributed by atoms with Crippen molar-refractivity contribution in [1.29, 1.82) is 0 Å². The monoisotopic (exact) mass is 426 g/mol. The molecule has 1 aromatic heterocycles. The molecule has 1 unspecified atom stereocenters. The number of halogens is 1. The maximum Gasteiger partial charge on any atom is 0.191 e. The largest absolute Gasteiger partial charge is 0.354 e. The van der Waals surface area contributed by atoms with Gasteiger partial charge >= 0.3 is 0 Å². The van der Waals surface area contributed by atoms with Gasteiger partial charge in [-0.1, -0.05) is 12.1 Å². The van der Waals surface area contributed by atoms with E-state index in [0.29, 0.717) is 23.6 Å². The van der Waals surface area contributed by atoms with Gasteiger partial charge in [-0.15, -0.1) is 11.3 Å². The lowest BCUT2D eigenvalue weighted by molar-refractivity contribution is 0.302. The Balaban J connectivity index is 2.03. The zero-order chi connectivity index (χ0) is 20.7. The number of sulfone groups is 1. The molecule has 1 heterocycles. The van der Waals surface area contributed by atoms with Gasteiger partial charge in [-0.25, -0.2) is 12.8 Å². The van der Waals surface area contributed by atoms with E-state index in [9.17, 15) is 12.8 Å². The average Bonchev–Trinajstić information content (AvgIpc) is 3.12. The molecular formula is C19H27FN4O2S2. The second-order valence-electron chi connectivity index (χ2n) is 6.78. The van der Waals surface area contributed by atoms with Crippen molar-refractivity contribution < 1.29 is 12.8 Å². The van der Waals surface area contributed by atoms with Crippen LogP contribution in [-0.4, -0.2) is 53.2 Å². The molecule has 9 heteroatoms. The Morgan fingerprint density at radius 3 is 2.57 bits per heavy atom. The molecule has 0 spiro atoms. The fourth-order valence-corrected chi connectivity index (χ4v) is 4.56. The standard InChI is InChI=1S/C19H27FN4O2S2/c1-21-19(23-12-17(24(2)3)18-6-5-9-27-18)22-11-15-10-16(20)8-7-14(15)13-28(4,25)26/h5-10,17H,11-13H2,1-4H3,(H2,21,22,23). The molecule has 0 saturated carbocycles. The van der Waals surface area contributed by atoms with Gasteiger partial charge in [0.2, 0.25) is 0 Å². The van der Waals surface area contributed by atoms with Crippen LogP contribution in [0.15, 0.2) is 40.7 Å². The van der Waals surface area contributed by atoms with Crippen LogP contribution < -0.4 is 10.6 Å². The molecule has 2 N–H and O–H groups in total. The highest BCUT2D eigenvalue weighted by atomic mass is 32.2. The van der Waals surface area contributed by atoms with Crippen LogP contribution in [0.3, 0.4) is 0 Å². The van der Waals surface area contributed by atoms with Gasteiger partial charge in [0, 0.05) is 31.3 Å². The molecule has 6 nitrogen and oxygen atoms in total. The third-order valence-electron chi connectivity index (χ3n) is 4.21. The highest BCUT2D eigenvalue weighted by Gasteiger charge is 2.16. The van der Waals surface area contributed by atoms with Crippen molar-refractivity contribution in [2.24, 2.45) is 4.99 Å². The van der Waals surface area contributed by atoms with E-state index in [1.165, 1.54) is 29.3 Å². The lowest BCUT2D eigenvalue weighted by atomic mass is 10.1. The number of aliphatic imine (C=N–C) groups is 1. The summed E-state index contributed by atoms with van der Waals surface area (Å²) in [5, 5.41) is 8.47. The molecule has 2 aromatic rings. The SMILES string of the molecule is CN=C(NCc1cc(F)ccc1CS(C)(=O)=O)NCC(c1cccs1)N(C)C. The van der Waals surface area contributed by atoms with Crippen LogP contribution in [0.2, 0.25) is 0 Å². The normalized spacial score (nSPS) is 13.6. The summed E-state index contributed by atoms with van der Waals surface area (Å²) in [6.45, 7) is 0.917. The second kappa shape index (κ2) is 9.99. The molecule has 28 heavy (non-hydrogen) atoms. The highest BCUT2D eigenvalue weighted by Crippen LogP contribution is 2.22. The second-order valence-corrected chi connectivity index (χ2v) is 9.90. The quantitative estimate of drug-likeness (QED) is 0.501. The van der Waals surface area contributed by atoms with Crippen LogP contribution in [-0.2, 0) is 22.1 Å². The minimum absolute atomic E-state index is 0.128. The third-order valence-corrected chi connectivity index (χ3v) is 6.02. The zero-order valence-electron chi connectivity index (χ0n) is 16.6. The number of benzene rings is 1. The van der Waals surface area contributed by atoms with Crippen molar-refractivity contribution in [3.63, 3.8) is 0 Å². The van der Waals surface area contributed by atoms with Gasteiger partial charge in [0.25, 0.3) is 0 Å². The number of nitrogens with zero attached hydrogens (tertiary/aromatic N) is 2. The van der Waals surface area contributed by atoms with Gasteiger partial charge in [0.05, 0.1) is 11.8 Å². The van der Waals surface area contributed by atoms with Gasteiger partial charge < -0.3 is 15.5 Å². The molecule has 2 rings (SSSR count). The van der Waals surface area contributed by atoms with Crippen molar-refractivity contribution in [3.05, 3.63) is 57.5 Å². The molecule has 0 radical (unpaired) electrons. The summed E-state index contributed by atoms with van der Waals surface area (Å²) in [6, 6.07) is 8.46. The van der Waals surface area contributed by atoms with Crippen molar-refractivity contribution in [1.82, 2.24) is 15.5 Å². The summed E-state index contributed by atoms with van der Waals surface area (Å²) in [4.78, 5) is 7.58. The first-order valence-electron chi connectivity index (χ1n) is 8.79. The molecule has 0 bridgehead atoms. The van der Waals surface area contributed by atoms with Crippen LogP contribution in [0.4, 0.5) is 4.39 Å². The number of likely N-dealkylation sites (N-methyl/N-ethyl adjacent to an activating group) is 1. The Kier molecular flexibility index (Phi) is 7.97. The molecule has 0 aliphatic rings. The van der Waals surface area contributed by atoms with E-state index in [1.54, 1.807) is 18.4 Å². The van der Waals surface area contributed by atoms with Crippen molar-refractivity contribution in [2.45, 2.75) is 18.3 Å². The number of hydrogen-bond acceptors (Lipinski definition) is 5. The third kappa shape index (κ3) is 6.88. The van der Waals surface area contributed by atoms with Crippen molar-refractivity contribution >= 4 is 27.1 Å². The minimum atomic E-state index is -3.21. The summed E-state index contributed by atoms with van der Waals surface area (Å²) in [5.74, 6) is 0.0394. The van der Waals surface area contributed by atoms with Gasteiger partial charge in [-0.3, -0.25) is 4.99 Å². The van der Waals surface area contributed by atoms with E-state index in [1.807, 2.05) is 25.5 Å². The Labute approximate surface area is 170 Å². The first-order chi connectivity index (χ1) is 13.2. The topological polar surface area (TPSA) is 73.8 Å². The Morgan fingerprint density at radius 1 is 1.25 bits per heavy atom. The zero-order valence-corrected chi connectivity index (χ0v) is 18.2. The highest BCUT2D eigenvalue weighted by molar-refractivity contribution is 7.89. The minimum Gasteiger partial charge on any atom is -0.354 e. The summed E-state index contributed by atoms with van der Waals surface area (Å²) < 4.78 is 36.9. The molecule has 0 fully saturated rings. The van der Waals surface area contributed by atoms with Crippen molar-refractivity contribution in [3.8, 4) is 0 Å². The van der Waals surface area contributed by atoms with E-state index in [-0.39, 0.29) is 18.3 Å². The van der Waals surface area contributed by atoms with Gasteiger partial charge in [0.1, 0.15) is 5.82 Å². The van der Waals surface area contributed by atoms with Gasteiger partial charge in [-0.2, -0.15) is 0 Å². The first-order valence-corrected chi connectivity index (χ1v) is 11.7. The number of rotatable bonds is 8. The van der Waals surface area contributed by atoms with E-state index < -0.39 is 15.7 Å². The maximum atomic E-state index is 13.7. The number of thiophene rings is 1. The fraction of sp³-hybridized carbons (Fsp3) is 0.421. The Hall–Kier alpha value is -1.97. The fourth-order valence-electron chi connectivity index (χ4n) is 2.79. The first kappa shape index (κ1) is 22.3. The van der Waals surface area contributed by atoms with E-state index in [4.69, 9.17) is 0 Å². The lowest BCUT2D eigenvalue weighted by Gasteiger charge is -2.24. The molecule has 0 aliphatic heterocycles. The van der Waals surface area contributed by atoms with Crippen LogP contribution >= 0.6 is 11.3 Å². The summed E-state index contributed by atoms with van der Waals surface area (Å²) in [6.07, 6.45) is 1.17. The van der Waals surface area contributed by atoms with E-state index in [2.05, 4.69) is 26.6 Å². The van der Waals surface area contributed by atoms with Gasteiger partial charge in [-0.05, 0) is 48.8 Å². The Bertz CT molecular complexity index is 897. The molecule has 154 valence electrons. The van der Waals surface area contributed by atoms with E-state index >= 15 is 0 Å². The van der Waals surface area contributed by atoms with Crippen molar-refractivity contribution in [2.75, 3.05) is 33.9 Å². The molecule has 1 aromatic carbocycles. The molecular weight excluding hydrogens is 399 g/mol. The summed E-state index contributed by atoms with van der Waals surface area (Å²) in [5.41, 5.74) is 1.17. The molecule has 0 saturated heterocycles. The lowest BCUT2D eigenvalue weighted by Crippen LogP contribution is -2.41. The number of nitrogens with one attached hydrogen (secondary N) is 2. The van der Waals surface area contributed by atoms with Crippen LogP contribution in [0, 0.1) is 5.82 Å². The molecule has 1 atom stereocenters. The summed E-state index contributed by atoms with van der Waals surface area (Å²) >= 11 is 1.70.